The van der Waals surface area contributed by atoms with E-state index in [0.717, 1.165) is 35.1 Å². The predicted octanol–water partition coefficient (Wildman–Crippen LogP) is 4.96. The van der Waals surface area contributed by atoms with Crippen molar-refractivity contribution in [3.05, 3.63) is 64.4 Å². The maximum Gasteiger partial charge on any atom is 0.173 e. The van der Waals surface area contributed by atoms with Crippen LogP contribution >= 0.6 is 11.6 Å². The van der Waals surface area contributed by atoms with Gasteiger partial charge in [-0.05, 0) is 60.2 Å². The molecule has 5 rings (SSSR count). The second kappa shape index (κ2) is 5.70. The number of aliphatic hydroxyl groups excluding tert-OH is 1. The van der Waals surface area contributed by atoms with E-state index >= 15 is 0 Å². The fourth-order valence-electron chi connectivity index (χ4n) is 4.80. The molecule has 2 aromatic rings. The van der Waals surface area contributed by atoms with Crippen LogP contribution in [0, 0.1) is 18.8 Å². The number of allylic oxidation sites excluding steroid dienone is 1. The Morgan fingerprint density at radius 2 is 1.65 bits per heavy atom. The Morgan fingerprint density at radius 3 is 2.35 bits per heavy atom. The van der Waals surface area contributed by atoms with E-state index in [4.69, 9.17) is 16.3 Å². The fourth-order valence-corrected chi connectivity index (χ4v) is 4.93. The Hall–Kier alpha value is -2.10. The minimum absolute atomic E-state index is 0.00814. The van der Waals surface area contributed by atoms with E-state index in [1.54, 1.807) is 0 Å². The number of hydrogen-bond acceptors (Lipinski definition) is 3. The third kappa shape index (κ3) is 2.20. The lowest BCUT2D eigenvalue weighted by Gasteiger charge is -2.19. The third-order valence-corrected chi connectivity index (χ3v) is 6.33. The molecule has 0 radical (unpaired) electrons. The summed E-state index contributed by atoms with van der Waals surface area (Å²) in [6.07, 6.45) is 1.81. The summed E-state index contributed by atoms with van der Waals surface area (Å²) >= 11 is 5.99. The van der Waals surface area contributed by atoms with E-state index in [1.165, 1.54) is 0 Å². The number of fused-ring (bicyclic) bond motifs is 5. The van der Waals surface area contributed by atoms with Crippen molar-refractivity contribution in [2.75, 3.05) is 0 Å². The molecule has 2 unspecified atom stereocenters. The zero-order valence-corrected chi connectivity index (χ0v) is 15.2. The standard InChI is InChI=1S/C22H19ClO3/c1-11-2-3-13(12-4-6-14(23)7-5-12)10-15(11)18-21(24)19-16-8-9-17(26-16)20(19)22(18)25/h2-7,10,16-17,19-20,24H,8-9H2,1H3/t16?,17?,19-,20+/m1/s1. The lowest BCUT2D eigenvalue weighted by Crippen LogP contribution is -2.29. The van der Waals surface area contributed by atoms with E-state index in [1.807, 2.05) is 49.4 Å². The number of hydrogen-bond donors (Lipinski definition) is 1. The summed E-state index contributed by atoms with van der Waals surface area (Å²) in [4.78, 5) is 13.1. The highest BCUT2D eigenvalue weighted by atomic mass is 35.5. The number of rotatable bonds is 2. The number of ketones is 1. The maximum atomic E-state index is 13.1. The molecule has 1 N–H and O–H groups in total. The summed E-state index contributed by atoms with van der Waals surface area (Å²) in [6, 6.07) is 13.7. The zero-order valence-electron chi connectivity index (χ0n) is 14.4. The zero-order chi connectivity index (χ0) is 18.0. The van der Waals surface area contributed by atoms with Gasteiger partial charge in [0, 0.05) is 5.02 Å². The molecule has 2 bridgehead atoms. The number of Topliss-reactive ketones (excluding diaryl/α,β-unsaturated/α-hetero) is 1. The van der Waals surface area contributed by atoms with Crippen LogP contribution in [0.3, 0.4) is 0 Å². The summed E-state index contributed by atoms with van der Waals surface area (Å²) in [6.45, 7) is 1.98. The van der Waals surface area contributed by atoms with Crippen molar-refractivity contribution >= 4 is 23.0 Å². The average molecular weight is 367 g/mol. The van der Waals surface area contributed by atoms with Gasteiger partial charge < -0.3 is 9.84 Å². The van der Waals surface area contributed by atoms with Gasteiger partial charge in [-0.15, -0.1) is 0 Å². The molecule has 26 heavy (non-hydrogen) atoms. The molecule has 0 amide bonds. The van der Waals surface area contributed by atoms with Gasteiger partial charge in [0.2, 0.25) is 0 Å². The predicted molar refractivity (Wildman–Crippen MR) is 101 cm³/mol. The SMILES string of the molecule is Cc1ccc(-c2ccc(Cl)cc2)cc1C1=C(O)[C@@H]2C3CCC(O3)[C@@H]2C1=O. The molecule has 3 aliphatic rings. The highest BCUT2D eigenvalue weighted by Crippen LogP contribution is 2.53. The van der Waals surface area contributed by atoms with Gasteiger partial charge >= 0.3 is 0 Å². The van der Waals surface area contributed by atoms with Gasteiger partial charge in [0.15, 0.2) is 5.78 Å². The molecule has 2 saturated heterocycles. The van der Waals surface area contributed by atoms with Crippen molar-refractivity contribution in [1.29, 1.82) is 0 Å². The molecule has 0 aromatic heterocycles. The van der Waals surface area contributed by atoms with Gasteiger partial charge in [0.05, 0.1) is 29.6 Å². The average Bonchev–Trinajstić information content (AvgIpc) is 3.31. The van der Waals surface area contributed by atoms with Gasteiger partial charge in [-0.3, -0.25) is 4.79 Å². The first-order valence-electron chi connectivity index (χ1n) is 9.04. The molecule has 0 saturated carbocycles. The van der Waals surface area contributed by atoms with Crippen LogP contribution in [-0.2, 0) is 9.53 Å². The number of benzene rings is 2. The van der Waals surface area contributed by atoms with Gasteiger partial charge in [-0.25, -0.2) is 0 Å². The number of carbonyl (C=O) groups excluding carboxylic acids is 1. The molecule has 4 heteroatoms. The number of ether oxygens (including phenoxy) is 1. The molecule has 2 heterocycles. The molecule has 4 atom stereocenters. The number of aliphatic hydroxyl groups is 1. The number of aryl methyl sites for hydroxylation is 1. The van der Waals surface area contributed by atoms with Gasteiger partial charge in [0.1, 0.15) is 5.76 Å². The summed E-state index contributed by atoms with van der Waals surface area (Å²) in [5.74, 6) is -0.100. The van der Waals surface area contributed by atoms with E-state index in [0.29, 0.717) is 10.6 Å². The lowest BCUT2D eigenvalue weighted by atomic mass is 9.80. The third-order valence-electron chi connectivity index (χ3n) is 6.08. The van der Waals surface area contributed by atoms with E-state index in [-0.39, 0.29) is 35.6 Å². The molecular formula is C22H19ClO3. The van der Waals surface area contributed by atoms with E-state index in [2.05, 4.69) is 0 Å². The summed E-state index contributed by atoms with van der Waals surface area (Å²) in [5, 5.41) is 11.6. The van der Waals surface area contributed by atoms with Crippen LogP contribution in [0.25, 0.3) is 16.7 Å². The first kappa shape index (κ1) is 16.1. The summed E-state index contributed by atoms with van der Waals surface area (Å²) in [5.41, 5.74) is 4.35. The van der Waals surface area contributed by atoms with Crippen LogP contribution < -0.4 is 0 Å². The van der Waals surface area contributed by atoms with Crippen molar-refractivity contribution in [3.63, 3.8) is 0 Å². The molecule has 132 valence electrons. The van der Waals surface area contributed by atoms with E-state index in [9.17, 15) is 9.90 Å². The molecule has 3 nitrogen and oxygen atoms in total. The fraction of sp³-hybridized carbons (Fsp3) is 0.318. The van der Waals surface area contributed by atoms with Crippen LogP contribution in [0.4, 0.5) is 0 Å². The van der Waals surface area contributed by atoms with Gasteiger partial charge in [0.25, 0.3) is 0 Å². The van der Waals surface area contributed by atoms with Gasteiger partial charge in [-0.1, -0.05) is 35.9 Å². The first-order chi connectivity index (χ1) is 12.5. The van der Waals surface area contributed by atoms with Crippen molar-refractivity contribution < 1.29 is 14.6 Å². The maximum absolute atomic E-state index is 13.1. The van der Waals surface area contributed by atoms with E-state index < -0.39 is 0 Å². The van der Waals surface area contributed by atoms with Crippen LogP contribution in [0.15, 0.2) is 48.2 Å². The minimum Gasteiger partial charge on any atom is -0.511 e. The van der Waals surface area contributed by atoms with Crippen molar-refractivity contribution in [2.45, 2.75) is 32.0 Å². The summed E-state index contributed by atoms with van der Waals surface area (Å²) in [7, 11) is 0. The smallest absolute Gasteiger partial charge is 0.173 e. The normalized spacial score (nSPS) is 29.5. The lowest BCUT2D eigenvalue weighted by molar-refractivity contribution is -0.118. The largest absolute Gasteiger partial charge is 0.511 e. The second-order valence-corrected chi connectivity index (χ2v) is 7.94. The Bertz CT molecular complexity index is 944. The van der Waals surface area contributed by atoms with Crippen LogP contribution in [0.2, 0.25) is 5.02 Å². The van der Waals surface area contributed by atoms with Crippen molar-refractivity contribution in [2.24, 2.45) is 11.8 Å². The molecule has 2 fully saturated rings. The Labute approximate surface area is 157 Å². The van der Waals surface area contributed by atoms with Crippen molar-refractivity contribution in [3.8, 4) is 11.1 Å². The Kier molecular flexibility index (Phi) is 3.53. The highest BCUT2D eigenvalue weighted by molar-refractivity contribution is 6.30. The molecule has 0 spiro atoms. The molecule has 1 aliphatic carbocycles. The van der Waals surface area contributed by atoms with Crippen LogP contribution in [0.5, 0.6) is 0 Å². The monoisotopic (exact) mass is 366 g/mol. The van der Waals surface area contributed by atoms with Crippen molar-refractivity contribution in [1.82, 2.24) is 0 Å². The summed E-state index contributed by atoms with van der Waals surface area (Å²) < 4.78 is 5.87. The second-order valence-electron chi connectivity index (χ2n) is 7.50. The minimum atomic E-state index is -0.206. The number of halogens is 1. The molecular weight excluding hydrogens is 348 g/mol. The Morgan fingerprint density at radius 1 is 1.00 bits per heavy atom. The molecule has 2 aliphatic heterocycles. The highest BCUT2D eigenvalue weighted by Gasteiger charge is 2.59. The topological polar surface area (TPSA) is 46.5 Å². The molecule has 2 aromatic carbocycles. The van der Waals surface area contributed by atoms with Crippen LogP contribution in [0.1, 0.15) is 24.0 Å². The number of carbonyl (C=O) groups is 1. The Balaban J connectivity index is 1.61. The quantitative estimate of drug-likeness (QED) is 0.817. The first-order valence-corrected chi connectivity index (χ1v) is 9.42. The van der Waals surface area contributed by atoms with Crippen LogP contribution in [-0.4, -0.2) is 23.1 Å². The van der Waals surface area contributed by atoms with Gasteiger partial charge in [-0.2, -0.15) is 0 Å².